The molecule has 2 amide bonds. The third-order valence-corrected chi connectivity index (χ3v) is 3.82. The molecular formula is C14H16N2O4S. The molecule has 6 nitrogen and oxygen atoms in total. The van der Waals surface area contributed by atoms with Gasteiger partial charge in [-0.1, -0.05) is 0 Å². The van der Waals surface area contributed by atoms with E-state index in [1.54, 1.807) is 17.4 Å². The Labute approximate surface area is 125 Å². The van der Waals surface area contributed by atoms with Crippen LogP contribution in [-0.2, 0) is 9.53 Å². The van der Waals surface area contributed by atoms with Crippen LogP contribution in [0.3, 0.4) is 0 Å². The van der Waals surface area contributed by atoms with E-state index in [0.29, 0.717) is 5.69 Å². The van der Waals surface area contributed by atoms with E-state index in [0.717, 1.165) is 10.1 Å². The number of amides is 2. The summed E-state index contributed by atoms with van der Waals surface area (Å²) in [7, 11) is 1.48. The van der Waals surface area contributed by atoms with Gasteiger partial charge in [-0.15, -0.1) is 11.3 Å². The zero-order valence-corrected chi connectivity index (χ0v) is 12.3. The van der Waals surface area contributed by atoms with Gasteiger partial charge in [-0.25, -0.2) is 9.59 Å². The van der Waals surface area contributed by atoms with Crippen LogP contribution in [0.2, 0.25) is 0 Å². The lowest BCUT2D eigenvalue weighted by Crippen LogP contribution is -2.43. The van der Waals surface area contributed by atoms with Gasteiger partial charge in [0.1, 0.15) is 6.04 Å². The molecule has 0 saturated heterocycles. The Hall–Kier alpha value is -2.12. The summed E-state index contributed by atoms with van der Waals surface area (Å²) in [6.07, 6.45) is 0.211. The van der Waals surface area contributed by atoms with Gasteiger partial charge < -0.3 is 20.5 Å². The molecule has 0 aliphatic heterocycles. The van der Waals surface area contributed by atoms with E-state index >= 15 is 0 Å². The Morgan fingerprint density at radius 2 is 2.19 bits per heavy atom. The molecule has 0 saturated carbocycles. The lowest BCUT2D eigenvalue weighted by atomic mass is 10.2. The van der Waals surface area contributed by atoms with Crippen LogP contribution in [0.15, 0.2) is 29.6 Å². The first-order valence-electron chi connectivity index (χ1n) is 6.36. The van der Waals surface area contributed by atoms with Gasteiger partial charge in [0, 0.05) is 30.5 Å². The van der Waals surface area contributed by atoms with Gasteiger partial charge in [-0.05, 0) is 35.0 Å². The SMILES string of the molecule is COCCC(NC(=O)Nc1ccc2sccc2c1)C(=O)O. The van der Waals surface area contributed by atoms with Crippen molar-refractivity contribution >= 4 is 39.1 Å². The average molecular weight is 308 g/mol. The maximum absolute atomic E-state index is 11.8. The molecule has 21 heavy (non-hydrogen) atoms. The fourth-order valence-corrected chi connectivity index (χ4v) is 2.63. The number of methoxy groups -OCH3 is 1. The van der Waals surface area contributed by atoms with Gasteiger partial charge >= 0.3 is 12.0 Å². The van der Waals surface area contributed by atoms with Crippen LogP contribution in [-0.4, -0.2) is 36.9 Å². The molecule has 1 atom stereocenters. The molecule has 0 aliphatic rings. The van der Waals surface area contributed by atoms with Crippen LogP contribution >= 0.6 is 11.3 Å². The Bertz CT molecular complexity index is 641. The number of rotatable bonds is 6. The number of carbonyl (C=O) groups is 2. The Morgan fingerprint density at radius 1 is 1.38 bits per heavy atom. The maximum Gasteiger partial charge on any atom is 0.326 e. The summed E-state index contributed by atoms with van der Waals surface area (Å²) < 4.78 is 5.96. The Balaban J connectivity index is 1.97. The second-order valence-electron chi connectivity index (χ2n) is 4.44. The van der Waals surface area contributed by atoms with Crippen molar-refractivity contribution in [1.29, 1.82) is 0 Å². The van der Waals surface area contributed by atoms with Crippen LogP contribution in [0.4, 0.5) is 10.5 Å². The molecule has 2 aromatic rings. The van der Waals surface area contributed by atoms with Crippen LogP contribution in [0.5, 0.6) is 0 Å². The second-order valence-corrected chi connectivity index (χ2v) is 5.39. The van der Waals surface area contributed by atoms with E-state index in [4.69, 9.17) is 9.84 Å². The van der Waals surface area contributed by atoms with Crippen molar-refractivity contribution in [2.75, 3.05) is 19.0 Å². The molecule has 7 heteroatoms. The van der Waals surface area contributed by atoms with Gasteiger partial charge in [-0.3, -0.25) is 0 Å². The highest BCUT2D eigenvalue weighted by Crippen LogP contribution is 2.23. The molecule has 1 aromatic heterocycles. The number of hydrogen-bond acceptors (Lipinski definition) is 4. The number of fused-ring (bicyclic) bond motifs is 1. The first kappa shape index (κ1) is 15.3. The molecule has 1 unspecified atom stereocenters. The standard InChI is InChI=1S/C14H16N2O4S/c1-20-6-4-11(13(17)18)16-14(19)15-10-2-3-12-9(8-10)5-7-21-12/h2-3,5,7-8,11H,4,6H2,1H3,(H,17,18)(H2,15,16,19). The number of urea groups is 1. The summed E-state index contributed by atoms with van der Waals surface area (Å²) in [5.74, 6) is -1.09. The van der Waals surface area contributed by atoms with Gasteiger partial charge in [0.25, 0.3) is 0 Å². The van der Waals surface area contributed by atoms with Crippen LogP contribution in [0, 0.1) is 0 Å². The lowest BCUT2D eigenvalue weighted by Gasteiger charge is -2.14. The fraction of sp³-hybridized carbons (Fsp3) is 0.286. The fourth-order valence-electron chi connectivity index (χ4n) is 1.86. The van der Waals surface area contributed by atoms with Crippen LogP contribution in [0.1, 0.15) is 6.42 Å². The van der Waals surface area contributed by atoms with Gasteiger partial charge in [0.2, 0.25) is 0 Å². The monoisotopic (exact) mass is 308 g/mol. The summed E-state index contributed by atoms with van der Waals surface area (Å²) in [5, 5.41) is 17.1. The Morgan fingerprint density at radius 3 is 2.90 bits per heavy atom. The minimum atomic E-state index is -1.09. The van der Waals surface area contributed by atoms with Crippen molar-refractivity contribution in [1.82, 2.24) is 5.32 Å². The number of aliphatic carboxylic acids is 1. The third kappa shape index (κ3) is 4.17. The first-order chi connectivity index (χ1) is 10.1. The van der Waals surface area contributed by atoms with Gasteiger partial charge in [0.05, 0.1) is 0 Å². The smallest absolute Gasteiger partial charge is 0.326 e. The number of benzene rings is 1. The highest BCUT2D eigenvalue weighted by atomic mass is 32.1. The minimum Gasteiger partial charge on any atom is -0.480 e. The number of carbonyl (C=O) groups excluding carboxylic acids is 1. The Kier molecular flexibility index (Phi) is 5.13. The van der Waals surface area contributed by atoms with Gasteiger partial charge in [-0.2, -0.15) is 0 Å². The maximum atomic E-state index is 11.8. The van der Waals surface area contributed by atoms with Crippen LogP contribution in [0.25, 0.3) is 10.1 Å². The molecule has 3 N–H and O–H groups in total. The predicted octanol–water partition coefficient (Wildman–Crippen LogP) is 2.51. The van der Waals surface area contributed by atoms with E-state index in [2.05, 4.69) is 10.6 Å². The van der Waals surface area contributed by atoms with Gasteiger partial charge in [0.15, 0.2) is 0 Å². The summed E-state index contributed by atoms with van der Waals surface area (Å²) >= 11 is 1.62. The highest BCUT2D eigenvalue weighted by molar-refractivity contribution is 7.17. The zero-order valence-electron chi connectivity index (χ0n) is 11.5. The molecule has 2 rings (SSSR count). The number of nitrogens with one attached hydrogen (secondary N) is 2. The molecule has 0 fully saturated rings. The second kappa shape index (κ2) is 7.05. The number of anilines is 1. The number of carboxylic acids is 1. The summed E-state index contributed by atoms with van der Waals surface area (Å²) in [6, 6.07) is 5.97. The first-order valence-corrected chi connectivity index (χ1v) is 7.24. The number of thiophene rings is 1. The van der Waals surface area contributed by atoms with E-state index in [1.807, 2.05) is 23.6 Å². The van der Waals surface area contributed by atoms with E-state index in [1.165, 1.54) is 7.11 Å². The molecule has 0 spiro atoms. The highest BCUT2D eigenvalue weighted by Gasteiger charge is 2.19. The number of ether oxygens (including phenoxy) is 1. The van der Waals surface area contributed by atoms with Crippen molar-refractivity contribution in [2.45, 2.75) is 12.5 Å². The van der Waals surface area contributed by atoms with Crippen LogP contribution < -0.4 is 10.6 Å². The van der Waals surface area contributed by atoms with E-state index in [-0.39, 0.29) is 13.0 Å². The van der Waals surface area contributed by atoms with E-state index in [9.17, 15) is 9.59 Å². The molecular weight excluding hydrogens is 292 g/mol. The number of carboxylic acid groups (broad SMARTS) is 1. The largest absolute Gasteiger partial charge is 0.480 e. The summed E-state index contributed by atoms with van der Waals surface area (Å²) in [6.45, 7) is 0.262. The molecule has 1 heterocycles. The normalized spacial score (nSPS) is 12.0. The number of hydrogen-bond donors (Lipinski definition) is 3. The predicted molar refractivity (Wildman–Crippen MR) is 81.9 cm³/mol. The molecule has 0 bridgehead atoms. The lowest BCUT2D eigenvalue weighted by molar-refractivity contribution is -0.139. The molecule has 0 radical (unpaired) electrons. The van der Waals surface area contributed by atoms with Crippen molar-refractivity contribution in [3.63, 3.8) is 0 Å². The van der Waals surface area contributed by atoms with Crippen molar-refractivity contribution in [3.8, 4) is 0 Å². The molecule has 0 aliphatic carbocycles. The quantitative estimate of drug-likeness (QED) is 0.765. The zero-order chi connectivity index (χ0) is 15.2. The average Bonchev–Trinajstić information content (AvgIpc) is 2.90. The third-order valence-electron chi connectivity index (χ3n) is 2.92. The van der Waals surface area contributed by atoms with E-state index < -0.39 is 18.0 Å². The molecule has 112 valence electrons. The summed E-state index contributed by atoms with van der Waals surface area (Å²) in [4.78, 5) is 22.9. The van der Waals surface area contributed by atoms with Crippen molar-refractivity contribution in [3.05, 3.63) is 29.6 Å². The topological polar surface area (TPSA) is 87.7 Å². The van der Waals surface area contributed by atoms with Crippen molar-refractivity contribution in [2.24, 2.45) is 0 Å². The van der Waals surface area contributed by atoms with Crippen molar-refractivity contribution < 1.29 is 19.4 Å². The summed E-state index contributed by atoms with van der Waals surface area (Å²) in [5.41, 5.74) is 0.620. The minimum absolute atomic E-state index is 0.211. The molecule has 1 aromatic carbocycles.